The first-order valence-electron chi connectivity index (χ1n) is 3.04. The van der Waals surface area contributed by atoms with E-state index in [9.17, 15) is 4.79 Å². The van der Waals surface area contributed by atoms with E-state index in [0.717, 1.165) is 6.42 Å². The first kappa shape index (κ1) is 14.4. The van der Waals surface area contributed by atoms with Crippen LogP contribution < -0.4 is 0 Å². The van der Waals surface area contributed by atoms with Crippen LogP contribution in [0.5, 0.6) is 0 Å². The summed E-state index contributed by atoms with van der Waals surface area (Å²) in [4.78, 5) is 9.85. The molecule has 0 aliphatic heterocycles. The number of carbonyl (C=O) groups is 1. The van der Waals surface area contributed by atoms with E-state index in [4.69, 9.17) is 23.2 Å². The third kappa shape index (κ3) is 13.8. The molecule has 2 radical (unpaired) electrons. The van der Waals surface area contributed by atoms with Gasteiger partial charge in [-0.1, -0.05) is 0 Å². The zero-order valence-electron chi connectivity index (χ0n) is 6.48. The number of esters is 1. The van der Waals surface area contributed by atoms with E-state index in [2.05, 4.69) is 4.74 Å². The summed E-state index contributed by atoms with van der Waals surface area (Å²) in [6.07, 6.45) is 1.38. The molecule has 11 heavy (non-hydrogen) atoms. The van der Waals surface area contributed by atoms with Crippen molar-refractivity contribution in [2.45, 2.75) is 24.6 Å². The summed E-state index contributed by atoms with van der Waals surface area (Å²) in [7, 11) is 0. The fraction of sp³-hybridized carbons (Fsp3) is 0.833. The third-order valence-corrected chi connectivity index (χ3v) is 1.31. The van der Waals surface area contributed by atoms with Gasteiger partial charge < -0.3 is 4.74 Å². The molecule has 0 unspecified atom stereocenters. The SMILES string of the molecule is CC(=O)OCCCC(Cl)Cl.[SnH2]. The molecule has 0 aromatic heterocycles. The minimum absolute atomic E-state index is 0. The van der Waals surface area contributed by atoms with E-state index >= 15 is 0 Å². The van der Waals surface area contributed by atoms with Gasteiger partial charge in [0.15, 0.2) is 0 Å². The van der Waals surface area contributed by atoms with Crippen LogP contribution in [0.4, 0.5) is 0 Å². The molecule has 0 saturated heterocycles. The molecule has 0 heterocycles. The van der Waals surface area contributed by atoms with Gasteiger partial charge in [0.25, 0.3) is 0 Å². The van der Waals surface area contributed by atoms with Crippen LogP contribution in [-0.4, -0.2) is 41.3 Å². The van der Waals surface area contributed by atoms with Crippen molar-refractivity contribution in [2.24, 2.45) is 0 Å². The molecule has 0 spiro atoms. The number of hydrogen-bond donors (Lipinski definition) is 0. The second kappa shape index (κ2) is 8.94. The summed E-state index contributed by atoms with van der Waals surface area (Å²) >= 11 is 10.8. The van der Waals surface area contributed by atoms with E-state index < -0.39 is 0 Å². The van der Waals surface area contributed by atoms with Crippen LogP contribution in [0.25, 0.3) is 0 Å². The fourth-order valence-electron chi connectivity index (χ4n) is 0.454. The van der Waals surface area contributed by atoms with Crippen LogP contribution in [-0.2, 0) is 9.53 Å². The molecular weight excluding hydrogens is 294 g/mol. The van der Waals surface area contributed by atoms with Gasteiger partial charge in [0.2, 0.25) is 0 Å². The number of alkyl halides is 2. The molecular formula is C6H12Cl2O2Sn. The molecule has 0 N–H and O–H groups in total. The maximum atomic E-state index is 10.2. The second-order valence-corrected chi connectivity index (χ2v) is 3.15. The molecule has 0 aliphatic carbocycles. The van der Waals surface area contributed by atoms with Gasteiger partial charge >= 0.3 is 29.9 Å². The molecule has 2 nitrogen and oxygen atoms in total. The van der Waals surface area contributed by atoms with Crippen molar-refractivity contribution < 1.29 is 9.53 Å². The van der Waals surface area contributed by atoms with E-state index in [1.165, 1.54) is 6.92 Å². The fourth-order valence-corrected chi connectivity index (χ4v) is 0.762. The monoisotopic (exact) mass is 306 g/mol. The van der Waals surface area contributed by atoms with Gasteiger partial charge in [-0.2, -0.15) is 0 Å². The van der Waals surface area contributed by atoms with Crippen molar-refractivity contribution in [3.05, 3.63) is 0 Å². The molecule has 0 aromatic rings. The van der Waals surface area contributed by atoms with Gasteiger partial charge in [0, 0.05) is 6.92 Å². The first-order valence-corrected chi connectivity index (χ1v) is 3.91. The van der Waals surface area contributed by atoms with Gasteiger partial charge in [0.05, 0.1) is 6.61 Å². The normalized spacial score (nSPS) is 9.09. The predicted molar refractivity (Wildman–Crippen MR) is 49.9 cm³/mol. The number of hydrogen-bond acceptors (Lipinski definition) is 2. The zero-order valence-corrected chi connectivity index (χ0v) is 12.0. The standard InChI is InChI=1S/C6H10Cl2O2.Sn.2H/c1-5(9)10-4-2-3-6(7)8;;;/h6H,2-4H2,1H3;;;. The molecule has 5 heteroatoms. The van der Waals surface area contributed by atoms with Crippen LogP contribution in [0.3, 0.4) is 0 Å². The Balaban J connectivity index is 0. The average Bonchev–Trinajstić information content (AvgIpc) is 1.79. The van der Waals surface area contributed by atoms with Crippen molar-refractivity contribution in [3.63, 3.8) is 0 Å². The van der Waals surface area contributed by atoms with Crippen molar-refractivity contribution in [2.75, 3.05) is 6.61 Å². The van der Waals surface area contributed by atoms with Gasteiger partial charge in [-0.25, -0.2) is 0 Å². The molecule has 66 valence electrons. The molecule has 0 saturated carbocycles. The molecule has 0 aromatic carbocycles. The Morgan fingerprint density at radius 2 is 2.09 bits per heavy atom. The van der Waals surface area contributed by atoms with Crippen LogP contribution in [0, 0.1) is 0 Å². The first-order chi connectivity index (χ1) is 4.63. The number of rotatable bonds is 4. The van der Waals surface area contributed by atoms with Crippen molar-refractivity contribution in [3.8, 4) is 0 Å². The van der Waals surface area contributed by atoms with E-state index in [0.29, 0.717) is 13.0 Å². The summed E-state index contributed by atoms with van der Waals surface area (Å²) in [6, 6.07) is 0. The Labute approximate surface area is 93.5 Å². The quantitative estimate of drug-likeness (QED) is 0.338. The van der Waals surface area contributed by atoms with Crippen molar-refractivity contribution in [1.82, 2.24) is 0 Å². The van der Waals surface area contributed by atoms with Crippen LogP contribution in [0.2, 0.25) is 0 Å². The Bertz CT molecular complexity index is 109. The predicted octanol–water partition coefficient (Wildman–Crippen LogP) is 1.22. The topological polar surface area (TPSA) is 26.3 Å². The average molecular weight is 306 g/mol. The molecule has 0 rings (SSSR count). The molecule has 0 aliphatic rings. The Morgan fingerprint density at radius 1 is 1.55 bits per heavy atom. The van der Waals surface area contributed by atoms with Crippen molar-refractivity contribution in [1.29, 1.82) is 0 Å². The maximum absolute atomic E-state index is 10.2. The summed E-state index contributed by atoms with van der Waals surface area (Å²) < 4.78 is 4.64. The Hall–Kier alpha value is 0.849. The summed E-state index contributed by atoms with van der Waals surface area (Å²) in [5.41, 5.74) is 0. The number of ether oxygens (including phenoxy) is 1. The molecule has 0 amide bonds. The molecule has 0 bridgehead atoms. The zero-order chi connectivity index (χ0) is 7.98. The third-order valence-electron chi connectivity index (χ3n) is 0.872. The van der Waals surface area contributed by atoms with Crippen LogP contribution in [0.1, 0.15) is 19.8 Å². The Kier molecular flexibility index (Phi) is 11.7. The minimum atomic E-state index is -0.351. The summed E-state index contributed by atoms with van der Waals surface area (Å²) in [5, 5.41) is 0. The van der Waals surface area contributed by atoms with Gasteiger partial charge in [0.1, 0.15) is 4.84 Å². The molecule has 0 fully saturated rings. The van der Waals surface area contributed by atoms with Crippen molar-refractivity contribution >= 4 is 53.1 Å². The summed E-state index contributed by atoms with van der Waals surface area (Å²) in [6.45, 7) is 1.78. The summed E-state index contributed by atoms with van der Waals surface area (Å²) in [5.74, 6) is -0.263. The van der Waals surface area contributed by atoms with Gasteiger partial charge in [-0.3, -0.25) is 4.79 Å². The number of halogens is 2. The van der Waals surface area contributed by atoms with Crippen LogP contribution in [0.15, 0.2) is 0 Å². The van der Waals surface area contributed by atoms with E-state index in [-0.39, 0.29) is 34.7 Å². The van der Waals surface area contributed by atoms with Gasteiger partial charge in [-0.15, -0.1) is 23.2 Å². The second-order valence-electron chi connectivity index (χ2n) is 1.87. The Morgan fingerprint density at radius 3 is 2.45 bits per heavy atom. The number of carbonyl (C=O) groups excluding carboxylic acids is 1. The van der Waals surface area contributed by atoms with Crippen LogP contribution >= 0.6 is 23.2 Å². The van der Waals surface area contributed by atoms with Gasteiger partial charge in [-0.05, 0) is 12.8 Å². The van der Waals surface area contributed by atoms with E-state index in [1.807, 2.05) is 0 Å². The van der Waals surface area contributed by atoms with E-state index in [1.54, 1.807) is 0 Å². The molecule has 0 atom stereocenters.